The fourth-order valence-corrected chi connectivity index (χ4v) is 4.84. The van der Waals surface area contributed by atoms with Crippen molar-refractivity contribution in [2.45, 2.75) is 44.1 Å². The summed E-state index contributed by atoms with van der Waals surface area (Å²) in [5, 5.41) is 17.3. The number of carboxylic acid groups (broad SMARTS) is 2. The number of anilines is 1. The number of pyridine rings is 1. The molecule has 1 aromatic carbocycles. The lowest BCUT2D eigenvalue weighted by atomic mass is 9.75. The highest BCUT2D eigenvalue weighted by molar-refractivity contribution is 5.96. The van der Waals surface area contributed by atoms with Gasteiger partial charge in [-0.3, -0.25) is 14.6 Å². The minimum Gasteiger partial charge on any atom is -0.475 e. The van der Waals surface area contributed by atoms with Crippen molar-refractivity contribution in [2.75, 3.05) is 32.0 Å². The van der Waals surface area contributed by atoms with Gasteiger partial charge in [0.15, 0.2) is 0 Å². The quantitative estimate of drug-likeness (QED) is 0.439. The van der Waals surface area contributed by atoms with Crippen LogP contribution in [0.2, 0.25) is 0 Å². The number of nitrogens with one attached hydrogen (secondary N) is 1. The van der Waals surface area contributed by atoms with Crippen molar-refractivity contribution in [3.63, 3.8) is 0 Å². The molecule has 10 nitrogen and oxygen atoms in total. The van der Waals surface area contributed by atoms with E-state index in [2.05, 4.69) is 22.2 Å². The van der Waals surface area contributed by atoms with Gasteiger partial charge in [-0.15, -0.1) is 0 Å². The van der Waals surface area contributed by atoms with Crippen molar-refractivity contribution >= 4 is 29.4 Å². The molecule has 2 aliphatic rings. The van der Waals surface area contributed by atoms with Crippen LogP contribution in [0.3, 0.4) is 0 Å². The summed E-state index contributed by atoms with van der Waals surface area (Å²) in [6.45, 7) is 2.22. The first-order valence-electron chi connectivity index (χ1n) is 12.8. The SMILES string of the molecule is CN1CC[C@@]2(C(=O)Nc3cccnc3)CCN(C(=O)Cc3ccccc3)CC[C@@H]12.O=C(O)C(F)(F)F.O=C(O)C(F)(F)F. The van der Waals surface area contributed by atoms with Gasteiger partial charge in [-0.2, -0.15) is 26.3 Å². The first-order valence-corrected chi connectivity index (χ1v) is 12.8. The Bertz CT molecular complexity index is 1220. The lowest BCUT2D eigenvalue weighted by molar-refractivity contribution is -0.193. The van der Waals surface area contributed by atoms with Crippen LogP contribution in [-0.2, 0) is 25.6 Å². The first kappa shape index (κ1) is 35.0. The smallest absolute Gasteiger partial charge is 0.475 e. The number of likely N-dealkylation sites (tertiary alicyclic amines) is 2. The summed E-state index contributed by atoms with van der Waals surface area (Å²) in [6.07, 6.45) is -4.06. The predicted octanol–water partition coefficient (Wildman–Crippen LogP) is 3.84. The maximum absolute atomic E-state index is 13.4. The van der Waals surface area contributed by atoms with Gasteiger partial charge in [0.2, 0.25) is 11.8 Å². The molecule has 0 spiro atoms. The van der Waals surface area contributed by atoms with Crippen molar-refractivity contribution in [3.8, 4) is 0 Å². The lowest BCUT2D eigenvalue weighted by Crippen LogP contribution is -2.46. The second-order valence-electron chi connectivity index (χ2n) is 9.79. The number of hydrogen-bond acceptors (Lipinski definition) is 6. The number of alkyl halides is 6. The molecule has 2 atom stereocenters. The Hall–Kier alpha value is -4.21. The van der Waals surface area contributed by atoms with E-state index in [0.717, 1.165) is 30.6 Å². The van der Waals surface area contributed by atoms with E-state index in [1.165, 1.54) is 0 Å². The van der Waals surface area contributed by atoms with Gasteiger partial charge in [-0.1, -0.05) is 30.3 Å². The molecule has 43 heavy (non-hydrogen) atoms. The zero-order valence-corrected chi connectivity index (χ0v) is 22.9. The second-order valence-corrected chi connectivity index (χ2v) is 9.79. The number of carboxylic acids is 2. The molecule has 3 heterocycles. The first-order chi connectivity index (χ1) is 20.0. The van der Waals surface area contributed by atoms with Gasteiger partial charge < -0.3 is 25.3 Å². The average molecular weight is 621 g/mol. The number of fused-ring (bicyclic) bond motifs is 1. The normalized spacial score (nSPS) is 20.3. The van der Waals surface area contributed by atoms with Crippen molar-refractivity contribution in [1.82, 2.24) is 14.8 Å². The molecule has 2 saturated heterocycles. The van der Waals surface area contributed by atoms with Crippen LogP contribution in [-0.4, -0.2) is 93.8 Å². The Morgan fingerprint density at radius 1 is 0.907 bits per heavy atom. The second kappa shape index (κ2) is 14.8. The minimum absolute atomic E-state index is 0.0530. The van der Waals surface area contributed by atoms with Crippen LogP contribution in [0.5, 0.6) is 0 Å². The third-order valence-electron chi connectivity index (χ3n) is 6.99. The predicted molar refractivity (Wildman–Crippen MR) is 140 cm³/mol. The fraction of sp³-hybridized carbons (Fsp3) is 0.444. The number of amides is 2. The highest BCUT2D eigenvalue weighted by Gasteiger charge is 2.52. The van der Waals surface area contributed by atoms with Crippen molar-refractivity contribution in [2.24, 2.45) is 5.41 Å². The molecule has 0 radical (unpaired) electrons. The summed E-state index contributed by atoms with van der Waals surface area (Å²) in [5.74, 6) is -5.32. The van der Waals surface area contributed by atoms with Gasteiger partial charge in [-0.05, 0) is 50.6 Å². The van der Waals surface area contributed by atoms with E-state index in [1.807, 2.05) is 47.4 Å². The molecular weight excluding hydrogens is 590 g/mol. The Kier molecular flexibility index (Phi) is 12.0. The number of nitrogens with zero attached hydrogens (tertiary/aromatic N) is 3. The van der Waals surface area contributed by atoms with Gasteiger partial charge in [0.05, 0.1) is 23.7 Å². The van der Waals surface area contributed by atoms with Gasteiger partial charge in [0.1, 0.15) is 0 Å². The van der Waals surface area contributed by atoms with E-state index in [0.29, 0.717) is 25.9 Å². The van der Waals surface area contributed by atoms with E-state index < -0.39 is 29.7 Å². The molecule has 0 saturated carbocycles. The largest absolute Gasteiger partial charge is 0.490 e. The summed E-state index contributed by atoms with van der Waals surface area (Å²) in [5.41, 5.74) is 1.29. The maximum Gasteiger partial charge on any atom is 0.490 e. The molecule has 2 aromatic rings. The number of benzene rings is 1. The fourth-order valence-electron chi connectivity index (χ4n) is 4.84. The van der Waals surface area contributed by atoms with Crippen LogP contribution in [0.15, 0.2) is 54.9 Å². The molecular formula is C27H30F6N4O6. The number of aliphatic carboxylic acids is 2. The highest BCUT2D eigenvalue weighted by Crippen LogP contribution is 2.44. The van der Waals surface area contributed by atoms with Gasteiger partial charge in [-0.25, -0.2) is 9.59 Å². The van der Waals surface area contributed by atoms with Crippen LogP contribution in [0.25, 0.3) is 0 Å². The number of hydrogen-bond donors (Lipinski definition) is 3. The summed E-state index contributed by atoms with van der Waals surface area (Å²) in [4.78, 5) is 52.4. The van der Waals surface area contributed by atoms with E-state index in [4.69, 9.17) is 19.8 Å². The molecule has 4 rings (SSSR count). The molecule has 0 unspecified atom stereocenters. The lowest BCUT2D eigenvalue weighted by Gasteiger charge is -2.34. The molecule has 0 aliphatic carbocycles. The topological polar surface area (TPSA) is 140 Å². The highest BCUT2D eigenvalue weighted by atomic mass is 19.4. The molecule has 2 fully saturated rings. The number of carbonyl (C=O) groups is 4. The van der Waals surface area contributed by atoms with Crippen LogP contribution >= 0.6 is 0 Å². The van der Waals surface area contributed by atoms with Crippen LogP contribution < -0.4 is 5.32 Å². The zero-order valence-electron chi connectivity index (χ0n) is 22.9. The standard InChI is InChI=1S/C23H28N4O2.2C2HF3O2/c1-26-14-10-23(22(29)25-19-8-5-12-24-17-19)11-15-27(13-9-20(23)26)21(28)16-18-6-3-2-4-7-18;2*3-2(4,5)1(6)7/h2-8,12,17,20H,9-11,13-16H2,1H3,(H,25,29);2*(H,6,7)/t20-,23-;;/m1../s1. The average Bonchev–Trinajstić information content (AvgIpc) is 3.12. The third-order valence-corrected chi connectivity index (χ3v) is 6.99. The Labute approximate surface area is 242 Å². The number of carbonyl (C=O) groups excluding carboxylic acids is 2. The number of rotatable bonds is 4. The molecule has 2 amide bonds. The Morgan fingerprint density at radius 2 is 1.47 bits per heavy atom. The summed E-state index contributed by atoms with van der Waals surface area (Å²) in [6, 6.07) is 13.7. The van der Waals surface area contributed by atoms with Crippen molar-refractivity contribution in [1.29, 1.82) is 0 Å². The zero-order chi connectivity index (χ0) is 32.4. The van der Waals surface area contributed by atoms with Crippen LogP contribution in [0.4, 0.5) is 32.0 Å². The Morgan fingerprint density at radius 3 is 1.98 bits per heavy atom. The van der Waals surface area contributed by atoms with E-state index >= 15 is 0 Å². The maximum atomic E-state index is 13.4. The molecule has 1 aromatic heterocycles. The van der Waals surface area contributed by atoms with E-state index in [9.17, 15) is 35.9 Å². The monoisotopic (exact) mass is 620 g/mol. The van der Waals surface area contributed by atoms with Gasteiger partial charge in [0, 0.05) is 25.3 Å². The van der Waals surface area contributed by atoms with Gasteiger partial charge in [0.25, 0.3) is 0 Å². The van der Waals surface area contributed by atoms with Crippen LogP contribution in [0, 0.1) is 5.41 Å². The number of halogens is 6. The van der Waals surface area contributed by atoms with Crippen molar-refractivity contribution in [3.05, 3.63) is 60.4 Å². The summed E-state index contributed by atoms with van der Waals surface area (Å²) in [7, 11) is 2.09. The number of aromatic nitrogens is 1. The molecule has 2 aliphatic heterocycles. The summed E-state index contributed by atoms with van der Waals surface area (Å²) < 4.78 is 63.5. The summed E-state index contributed by atoms with van der Waals surface area (Å²) >= 11 is 0. The van der Waals surface area contributed by atoms with Crippen molar-refractivity contribution < 1.29 is 55.7 Å². The van der Waals surface area contributed by atoms with E-state index in [1.54, 1.807) is 12.4 Å². The van der Waals surface area contributed by atoms with Crippen LogP contribution in [0.1, 0.15) is 24.8 Å². The Balaban J connectivity index is 0.000000384. The third kappa shape index (κ3) is 10.2. The minimum atomic E-state index is -5.08. The molecule has 236 valence electrons. The molecule has 3 N–H and O–H groups in total. The van der Waals surface area contributed by atoms with Gasteiger partial charge >= 0.3 is 24.3 Å². The molecule has 16 heteroatoms. The molecule has 0 bridgehead atoms. The van der Waals surface area contributed by atoms with E-state index in [-0.39, 0.29) is 17.9 Å².